The maximum absolute atomic E-state index is 10.9. The molecule has 0 saturated carbocycles. The molecule has 0 unspecified atom stereocenters. The van der Waals surface area contributed by atoms with Crippen molar-refractivity contribution in [1.82, 2.24) is 9.97 Å². The second kappa shape index (κ2) is 4.85. The fourth-order valence-corrected chi connectivity index (χ4v) is 3.40. The summed E-state index contributed by atoms with van der Waals surface area (Å²) >= 11 is 1.41. The quantitative estimate of drug-likeness (QED) is 0.524. The Morgan fingerprint density at radius 1 is 1.14 bits per heavy atom. The van der Waals surface area contributed by atoms with E-state index in [4.69, 9.17) is 5.73 Å². The Kier molecular flexibility index (Phi) is 2.83. The molecule has 0 bridgehead atoms. The molecule has 2 heterocycles. The maximum atomic E-state index is 10.9. The van der Waals surface area contributed by atoms with E-state index < -0.39 is 6.03 Å². The molecular formula is C16H12N4OS. The average molecular weight is 308 g/mol. The van der Waals surface area contributed by atoms with E-state index in [9.17, 15) is 4.79 Å². The molecule has 4 aromatic rings. The Hall–Kier alpha value is -2.86. The summed E-state index contributed by atoms with van der Waals surface area (Å²) in [5.74, 6) is 0. The lowest BCUT2D eigenvalue weighted by atomic mass is 10.0. The van der Waals surface area contributed by atoms with Gasteiger partial charge in [0.1, 0.15) is 0 Å². The number of nitrogens with two attached hydrogens (primary N) is 1. The smallest absolute Gasteiger partial charge is 0.318 e. The van der Waals surface area contributed by atoms with E-state index in [1.54, 1.807) is 0 Å². The van der Waals surface area contributed by atoms with Gasteiger partial charge in [-0.2, -0.15) is 0 Å². The first-order valence-corrected chi connectivity index (χ1v) is 7.55. The monoisotopic (exact) mass is 308 g/mol. The van der Waals surface area contributed by atoms with Crippen molar-refractivity contribution in [3.05, 3.63) is 48.7 Å². The number of H-pyrrole nitrogens is 1. The lowest BCUT2D eigenvalue weighted by Crippen LogP contribution is -2.18. The van der Waals surface area contributed by atoms with E-state index in [2.05, 4.69) is 45.6 Å². The molecule has 2 aromatic carbocycles. The molecule has 22 heavy (non-hydrogen) atoms. The molecule has 0 aliphatic heterocycles. The SMILES string of the molecule is NC(=O)Nc1nc2ccc(-c3ccc4[nH]ccc4c3)cc2s1. The first-order valence-electron chi connectivity index (χ1n) is 6.74. The number of thiazole rings is 1. The number of urea groups is 1. The molecule has 108 valence electrons. The third-order valence-corrected chi connectivity index (χ3v) is 4.44. The number of carbonyl (C=O) groups excluding carboxylic acids is 1. The number of hydrogen-bond acceptors (Lipinski definition) is 3. The van der Waals surface area contributed by atoms with Crippen LogP contribution in [0.4, 0.5) is 9.93 Å². The van der Waals surface area contributed by atoms with Crippen LogP contribution >= 0.6 is 11.3 Å². The van der Waals surface area contributed by atoms with Crippen molar-refractivity contribution < 1.29 is 4.79 Å². The normalized spacial score (nSPS) is 11.1. The summed E-state index contributed by atoms with van der Waals surface area (Å²) < 4.78 is 1.01. The molecule has 0 aliphatic rings. The molecule has 4 N–H and O–H groups in total. The van der Waals surface area contributed by atoms with Crippen LogP contribution in [0.15, 0.2) is 48.7 Å². The van der Waals surface area contributed by atoms with Gasteiger partial charge in [0.25, 0.3) is 0 Å². The van der Waals surface area contributed by atoms with Crippen molar-refractivity contribution in [2.75, 3.05) is 5.32 Å². The molecule has 5 nitrogen and oxygen atoms in total. The van der Waals surface area contributed by atoms with E-state index in [0.717, 1.165) is 26.9 Å². The van der Waals surface area contributed by atoms with Gasteiger partial charge in [-0.25, -0.2) is 9.78 Å². The minimum Gasteiger partial charge on any atom is -0.361 e. The van der Waals surface area contributed by atoms with E-state index in [1.165, 1.54) is 16.7 Å². The van der Waals surface area contributed by atoms with Gasteiger partial charge in [-0.15, -0.1) is 0 Å². The van der Waals surface area contributed by atoms with Gasteiger partial charge in [0.05, 0.1) is 10.2 Å². The standard InChI is InChI=1S/C16H12N4OS/c17-15(21)20-16-19-13-4-2-10(8-14(13)22-16)9-1-3-12-11(7-9)5-6-18-12/h1-8,18H,(H3,17,19,20,21). The van der Waals surface area contributed by atoms with Gasteiger partial charge in [0.15, 0.2) is 5.13 Å². The number of aromatic amines is 1. The number of nitrogens with one attached hydrogen (secondary N) is 2. The molecular weight excluding hydrogens is 296 g/mol. The number of fused-ring (bicyclic) bond motifs is 2. The van der Waals surface area contributed by atoms with Crippen LogP contribution in [0, 0.1) is 0 Å². The van der Waals surface area contributed by atoms with Crippen LogP contribution in [-0.2, 0) is 0 Å². The van der Waals surface area contributed by atoms with E-state index in [1.807, 2.05) is 18.3 Å². The first kappa shape index (κ1) is 12.8. The van der Waals surface area contributed by atoms with Crippen molar-refractivity contribution in [2.45, 2.75) is 0 Å². The summed E-state index contributed by atoms with van der Waals surface area (Å²) in [4.78, 5) is 18.4. The van der Waals surface area contributed by atoms with Gasteiger partial charge in [-0.1, -0.05) is 23.5 Å². The van der Waals surface area contributed by atoms with Crippen molar-refractivity contribution >= 4 is 43.6 Å². The van der Waals surface area contributed by atoms with E-state index >= 15 is 0 Å². The van der Waals surface area contributed by atoms with Crippen molar-refractivity contribution in [2.24, 2.45) is 5.73 Å². The third-order valence-electron chi connectivity index (χ3n) is 3.51. The summed E-state index contributed by atoms with van der Waals surface area (Å²) in [5.41, 5.74) is 9.35. The Bertz CT molecular complexity index is 1000. The maximum Gasteiger partial charge on any atom is 0.318 e. The molecule has 0 aliphatic carbocycles. The Morgan fingerprint density at radius 3 is 2.82 bits per heavy atom. The summed E-state index contributed by atoms with van der Waals surface area (Å²) in [7, 11) is 0. The zero-order chi connectivity index (χ0) is 15.1. The number of rotatable bonds is 2. The van der Waals surface area contributed by atoms with E-state index in [0.29, 0.717) is 5.13 Å². The van der Waals surface area contributed by atoms with Gasteiger partial charge in [-0.05, 0) is 46.8 Å². The topological polar surface area (TPSA) is 83.8 Å². The molecule has 0 saturated heterocycles. The zero-order valence-corrected chi connectivity index (χ0v) is 12.3. The van der Waals surface area contributed by atoms with Crippen LogP contribution < -0.4 is 11.1 Å². The number of aromatic nitrogens is 2. The first-order chi connectivity index (χ1) is 10.7. The highest BCUT2D eigenvalue weighted by molar-refractivity contribution is 7.22. The summed E-state index contributed by atoms with van der Waals surface area (Å²) in [6, 6.07) is 13.8. The number of benzene rings is 2. The van der Waals surface area contributed by atoms with Crippen LogP contribution in [0.5, 0.6) is 0 Å². The van der Waals surface area contributed by atoms with Crippen LogP contribution in [0.25, 0.3) is 32.2 Å². The van der Waals surface area contributed by atoms with Gasteiger partial charge < -0.3 is 10.7 Å². The van der Waals surface area contributed by atoms with Gasteiger partial charge in [0, 0.05) is 11.7 Å². The predicted molar refractivity (Wildman–Crippen MR) is 90.1 cm³/mol. The fraction of sp³-hybridized carbons (Fsp3) is 0. The van der Waals surface area contributed by atoms with Crippen LogP contribution in [-0.4, -0.2) is 16.0 Å². The average Bonchev–Trinajstić information content (AvgIpc) is 3.10. The molecule has 0 atom stereocenters. The summed E-state index contributed by atoms with van der Waals surface area (Å²) in [6.07, 6.45) is 1.93. The van der Waals surface area contributed by atoms with Gasteiger partial charge in [0.2, 0.25) is 0 Å². The van der Waals surface area contributed by atoms with E-state index in [-0.39, 0.29) is 0 Å². The predicted octanol–water partition coefficient (Wildman–Crippen LogP) is 3.94. The molecule has 0 spiro atoms. The Labute approximate surface area is 129 Å². The van der Waals surface area contributed by atoms with Crippen LogP contribution in [0.3, 0.4) is 0 Å². The summed E-state index contributed by atoms with van der Waals surface area (Å²) in [5, 5.41) is 4.21. The molecule has 6 heteroatoms. The lowest BCUT2D eigenvalue weighted by Gasteiger charge is -2.02. The minimum atomic E-state index is -0.600. The Morgan fingerprint density at radius 2 is 1.95 bits per heavy atom. The highest BCUT2D eigenvalue weighted by Crippen LogP contribution is 2.31. The zero-order valence-electron chi connectivity index (χ0n) is 11.5. The lowest BCUT2D eigenvalue weighted by molar-refractivity contribution is 0.259. The molecule has 2 amide bonds. The fourth-order valence-electron chi connectivity index (χ4n) is 2.50. The number of anilines is 1. The van der Waals surface area contributed by atoms with Crippen LogP contribution in [0.1, 0.15) is 0 Å². The highest BCUT2D eigenvalue weighted by atomic mass is 32.1. The molecule has 2 aromatic heterocycles. The molecule has 4 rings (SSSR count). The number of amides is 2. The third kappa shape index (κ3) is 2.19. The number of carbonyl (C=O) groups is 1. The van der Waals surface area contributed by atoms with Crippen LogP contribution in [0.2, 0.25) is 0 Å². The van der Waals surface area contributed by atoms with Crippen molar-refractivity contribution in [3.63, 3.8) is 0 Å². The van der Waals surface area contributed by atoms with Gasteiger partial charge >= 0.3 is 6.03 Å². The molecule has 0 fully saturated rings. The van der Waals surface area contributed by atoms with Crippen molar-refractivity contribution in [3.8, 4) is 11.1 Å². The number of nitrogens with zero attached hydrogens (tertiary/aromatic N) is 1. The number of hydrogen-bond donors (Lipinski definition) is 3. The van der Waals surface area contributed by atoms with Crippen molar-refractivity contribution in [1.29, 1.82) is 0 Å². The second-order valence-electron chi connectivity index (χ2n) is 4.97. The second-order valence-corrected chi connectivity index (χ2v) is 6.00. The highest BCUT2D eigenvalue weighted by Gasteiger charge is 2.07. The Balaban J connectivity index is 1.79. The number of primary amides is 1. The minimum absolute atomic E-state index is 0.515. The summed E-state index contributed by atoms with van der Waals surface area (Å²) in [6.45, 7) is 0. The molecule has 0 radical (unpaired) electrons. The van der Waals surface area contributed by atoms with Gasteiger partial charge in [-0.3, -0.25) is 5.32 Å². The largest absolute Gasteiger partial charge is 0.361 e.